The van der Waals surface area contributed by atoms with Crippen LogP contribution >= 0.6 is 11.6 Å². The van der Waals surface area contributed by atoms with Crippen LogP contribution in [-0.2, 0) is 26.2 Å². The number of anilines is 1. The number of nitrogens with one attached hydrogen (secondary N) is 1. The average molecular weight is 586 g/mol. The first-order valence-corrected chi connectivity index (χ1v) is 15.0. The Morgan fingerprint density at radius 2 is 1.73 bits per heavy atom. The molecule has 3 rings (SSSR count). The van der Waals surface area contributed by atoms with Crippen LogP contribution in [0.15, 0.2) is 77.7 Å². The van der Waals surface area contributed by atoms with Gasteiger partial charge in [-0.3, -0.25) is 13.9 Å². The summed E-state index contributed by atoms with van der Waals surface area (Å²) in [6, 6.07) is 19.3. The standard InChI is InChI=1S/C30H36ClN3O5S/c1-5-17-32-30(36)26(6-2)33(20-23-12-10-11-22(3)18-23)29(35)21-34(27-19-24(31)15-16-28(27)39-4)40(37,38)25-13-8-7-9-14-25/h7-16,18-19,26H,5-6,17,20-21H2,1-4H3,(H,32,36)/t26-/m1/s1. The van der Waals surface area contributed by atoms with E-state index in [0.717, 1.165) is 21.9 Å². The summed E-state index contributed by atoms with van der Waals surface area (Å²) in [5.74, 6) is -0.598. The van der Waals surface area contributed by atoms with E-state index in [9.17, 15) is 18.0 Å². The Bertz CT molecular complexity index is 1420. The van der Waals surface area contributed by atoms with Gasteiger partial charge < -0.3 is 15.0 Å². The number of rotatable bonds is 13. The fraction of sp³-hybridized carbons (Fsp3) is 0.333. The number of ether oxygens (including phenoxy) is 1. The molecule has 214 valence electrons. The van der Waals surface area contributed by atoms with Gasteiger partial charge in [0.25, 0.3) is 10.0 Å². The van der Waals surface area contributed by atoms with E-state index in [1.807, 2.05) is 45.0 Å². The number of carbonyl (C=O) groups is 2. The van der Waals surface area contributed by atoms with Gasteiger partial charge in [0, 0.05) is 18.1 Å². The zero-order chi connectivity index (χ0) is 29.3. The van der Waals surface area contributed by atoms with E-state index in [1.165, 1.54) is 30.2 Å². The number of sulfonamides is 1. The van der Waals surface area contributed by atoms with Gasteiger partial charge >= 0.3 is 0 Å². The third kappa shape index (κ3) is 7.55. The number of hydrogen-bond donors (Lipinski definition) is 1. The van der Waals surface area contributed by atoms with Crippen molar-refractivity contribution in [3.8, 4) is 5.75 Å². The molecule has 3 aromatic rings. The Hall–Kier alpha value is -3.56. The van der Waals surface area contributed by atoms with Crippen LogP contribution in [0.4, 0.5) is 5.69 Å². The van der Waals surface area contributed by atoms with Crippen molar-refractivity contribution in [3.63, 3.8) is 0 Å². The number of aryl methyl sites for hydroxylation is 1. The molecule has 0 aromatic heterocycles. The van der Waals surface area contributed by atoms with Crippen molar-refractivity contribution in [3.05, 3.63) is 88.9 Å². The van der Waals surface area contributed by atoms with Crippen molar-refractivity contribution in [2.45, 2.75) is 51.1 Å². The first-order valence-electron chi connectivity index (χ1n) is 13.2. The van der Waals surface area contributed by atoms with E-state index in [2.05, 4.69) is 5.32 Å². The van der Waals surface area contributed by atoms with E-state index in [1.54, 1.807) is 30.3 Å². The minimum Gasteiger partial charge on any atom is -0.495 e. The second-order valence-electron chi connectivity index (χ2n) is 9.37. The van der Waals surface area contributed by atoms with Gasteiger partial charge in [0.2, 0.25) is 11.8 Å². The molecule has 0 aliphatic rings. The van der Waals surface area contributed by atoms with E-state index in [4.69, 9.17) is 16.3 Å². The molecule has 1 N–H and O–H groups in total. The maximum absolute atomic E-state index is 14.1. The van der Waals surface area contributed by atoms with E-state index in [0.29, 0.717) is 13.0 Å². The molecule has 40 heavy (non-hydrogen) atoms. The number of hydrogen-bond acceptors (Lipinski definition) is 5. The highest BCUT2D eigenvalue weighted by Crippen LogP contribution is 2.35. The van der Waals surface area contributed by atoms with Gasteiger partial charge in [-0.2, -0.15) is 0 Å². The van der Waals surface area contributed by atoms with Crippen LogP contribution in [0.5, 0.6) is 5.75 Å². The maximum atomic E-state index is 14.1. The van der Waals surface area contributed by atoms with Gasteiger partial charge in [0.1, 0.15) is 18.3 Å². The fourth-order valence-corrected chi connectivity index (χ4v) is 5.99. The molecule has 0 saturated carbocycles. The molecule has 0 spiro atoms. The molecule has 0 radical (unpaired) electrons. The zero-order valence-corrected chi connectivity index (χ0v) is 24.8. The number of amides is 2. The minimum atomic E-state index is -4.23. The molecule has 0 aliphatic carbocycles. The van der Waals surface area contributed by atoms with Crippen LogP contribution in [0.3, 0.4) is 0 Å². The lowest BCUT2D eigenvalue weighted by Crippen LogP contribution is -2.52. The molecule has 0 fully saturated rings. The summed E-state index contributed by atoms with van der Waals surface area (Å²) >= 11 is 6.27. The van der Waals surface area contributed by atoms with Crippen LogP contribution < -0.4 is 14.4 Å². The SMILES string of the molecule is CCCNC(=O)[C@@H](CC)N(Cc1cccc(C)c1)C(=O)CN(c1cc(Cl)ccc1OC)S(=O)(=O)c1ccccc1. The molecule has 3 aromatic carbocycles. The van der Waals surface area contributed by atoms with Gasteiger partial charge in [-0.1, -0.05) is 73.5 Å². The summed E-state index contributed by atoms with van der Waals surface area (Å²) in [4.78, 5) is 28.8. The second kappa shape index (κ2) is 14.2. The third-order valence-corrected chi connectivity index (χ3v) is 8.40. The van der Waals surface area contributed by atoms with Crippen molar-refractivity contribution in [2.24, 2.45) is 0 Å². The molecular formula is C30H36ClN3O5S. The maximum Gasteiger partial charge on any atom is 0.264 e. The monoisotopic (exact) mass is 585 g/mol. The lowest BCUT2D eigenvalue weighted by molar-refractivity contribution is -0.140. The molecule has 0 unspecified atom stereocenters. The average Bonchev–Trinajstić information content (AvgIpc) is 2.94. The quantitative estimate of drug-likeness (QED) is 0.298. The first-order chi connectivity index (χ1) is 19.1. The van der Waals surface area contributed by atoms with Gasteiger partial charge in [-0.05, 0) is 55.7 Å². The molecule has 2 amide bonds. The number of nitrogens with zero attached hydrogens (tertiary/aromatic N) is 2. The molecule has 0 heterocycles. The predicted octanol–water partition coefficient (Wildman–Crippen LogP) is 5.19. The zero-order valence-electron chi connectivity index (χ0n) is 23.3. The van der Waals surface area contributed by atoms with Crippen molar-refractivity contribution in [1.82, 2.24) is 10.2 Å². The Labute approximate surface area is 241 Å². The molecular weight excluding hydrogens is 550 g/mol. The van der Waals surface area contributed by atoms with Gasteiger partial charge in [-0.25, -0.2) is 8.42 Å². The molecule has 8 nitrogen and oxygen atoms in total. The normalized spacial score (nSPS) is 11.9. The van der Waals surface area contributed by atoms with Crippen LogP contribution in [0.2, 0.25) is 5.02 Å². The largest absolute Gasteiger partial charge is 0.495 e. The Balaban J connectivity index is 2.11. The lowest BCUT2D eigenvalue weighted by Gasteiger charge is -2.33. The lowest BCUT2D eigenvalue weighted by atomic mass is 10.1. The second-order valence-corrected chi connectivity index (χ2v) is 11.7. The molecule has 10 heteroatoms. The van der Waals surface area contributed by atoms with Gasteiger partial charge in [0.05, 0.1) is 17.7 Å². The minimum absolute atomic E-state index is 0.00259. The Morgan fingerprint density at radius 1 is 1.00 bits per heavy atom. The fourth-order valence-electron chi connectivity index (χ4n) is 4.38. The summed E-state index contributed by atoms with van der Waals surface area (Å²) in [6.45, 7) is 5.74. The highest BCUT2D eigenvalue weighted by atomic mass is 35.5. The summed E-state index contributed by atoms with van der Waals surface area (Å²) in [7, 11) is -2.82. The summed E-state index contributed by atoms with van der Waals surface area (Å²) in [5.41, 5.74) is 1.95. The highest BCUT2D eigenvalue weighted by Gasteiger charge is 2.34. The highest BCUT2D eigenvalue weighted by molar-refractivity contribution is 7.92. The Kier molecular flexibility index (Phi) is 11.0. The Morgan fingerprint density at radius 3 is 2.35 bits per heavy atom. The third-order valence-electron chi connectivity index (χ3n) is 6.39. The number of benzene rings is 3. The predicted molar refractivity (Wildman–Crippen MR) is 158 cm³/mol. The van der Waals surface area contributed by atoms with Crippen LogP contribution in [0, 0.1) is 6.92 Å². The van der Waals surface area contributed by atoms with E-state index in [-0.39, 0.29) is 33.8 Å². The van der Waals surface area contributed by atoms with E-state index < -0.39 is 28.5 Å². The smallest absolute Gasteiger partial charge is 0.264 e. The van der Waals surface area contributed by atoms with Crippen LogP contribution in [0.1, 0.15) is 37.8 Å². The van der Waals surface area contributed by atoms with Crippen molar-refractivity contribution >= 4 is 39.1 Å². The van der Waals surface area contributed by atoms with Gasteiger partial charge in [0.15, 0.2) is 0 Å². The van der Waals surface area contributed by atoms with Crippen molar-refractivity contribution in [2.75, 3.05) is 24.5 Å². The van der Waals surface area contributed by atoms with Crippen LogP contribution in [0.25, 0.3) is 0 Å². The van der Waals surface area contributed by atoms with Crippen LogP contribution in [-0.4, -0.2) is 51.4 Å². The molecule has 0 saturated heterocycles. The summed E-state index contributed by atoms with van der Waals surface area (Å²) in [5, 5.41) is 3.16. The number of methoxy groups -OCH3 is 1. The number of halogens is 1. The number of carbonyl (C=O) groups excluding carboxylic acids is 2. The van der Waals surface area contributed by atoms with E-state index >= 15 is 0 Å². The summed E-state index contributed by atoms with van der Waals surface area (Å²) < 4.78 is 34.4. The van der Waals surface area contributed by atoms with Crippen molar-refractivity contribution < 1.29 is 22.7 Å². The summed E-state index contributed by atoms with van der Waals surface area (Å²) in [6.07, 6.45) is 1.09. The van der Waals surface area contributed by atoms with Crippen molar-refractivity contribution in [1.29, 1.82) is 0 Å². The first kappa shape index (κ1) is 31.0. The molecule has 1 atom stereocenters. The molecule has 0 aliphatic heterocycles. The topological polar surface area (TPSA) is 96.0 Å². The van der Waals surface area contributed by atoms with Gasteiger partial charge in [-0.15, -0.1) is 0 Å². The molecule has 0 bridgehead atoms.